The van der Waals surface area contributed by atoms with Crippen molar-refractivity contribution in [3.63, 3.8) is 0 Å². The summed E-state index contributed by atoms with van der Waals surface area (Å²) in [5, 5.41) is 16.2. The van der Waals surface area contributed by atoms with Crippen LogP contribution in [-0.2, 0) is 16.1 Å². The largest absolute Gasteiger partial charge is 0.493 e. The molecule has 1 heterocycles. The van der Waals surface area contributed by atoms with Crippen LogP contribution < -0.4 is 14.8 Å². The molecule has 218 valence electrons. The van der Waals surface area contributed by atoms with Crippen molar-refractivity contribution in [1.29, 1.82) is 0 Å². The average molecular weight is 561 g/mol. The normalized spacial score (nSPS) is 16.8. The first-order valence-corrected chi connectivity index (χ1v) is 14.6. The number of nitrogens with one attached hydrogen (secondary N) is 1. The maximum absolute atomic E-state index is 14.1. The van der Waals surface area contributed by atoms with Crippen molar-refractivity contribution in [2.45, 2.75) is 89.4 Å². The smallest absolute Gasteiger partial charge is 0.247 e. The summed E-state index contributed by atoms with van der Waals surface area (Å²) in [5.41, 5.74) is 2.62. The number of methoxy groups -OCH3 is 2. The van der Waals surface area contributed by atoms with Crippen molar-refractivity contribution < 1.29 is 19.1 Å². The van der Waals surface area contributed by atoms with E-state index in [-0.39, 0.29) is 30.4 Å². The predicted molar refractivity (Wildman–Crippen MR) is 154 cm³/mol. The summed E-state index contributed by atoms with van der Waals surface area (Å²) < 4.78 is 10.7. The van der Waals surface area contributed by atoms with Gasteiger partial charge < -0.3 is 19.7 Å². The van der Waals surface area contributed by atoms with Crippen LogP contribution in [0.25, 0.3) is 11.4 Å². The zero-order valence-corrected chi connectivity index (χ0v) is 24.2. The fourth-order valence-electron chi connectivity index (χ4n) is 6.06. The van der Waals surface area contributed by atoms with Gasteiger partial charge in [0.15, 0.2) is 11.5 Å². The number of ether oxygens (including phenoxy) is 2. The van der Waals surface area contributed by atoms with E-state index in [1.54, 1.807) is 26.4 Å². The second kappa shape index (κ2) is 13.1. The minimum absolute atomic E-state index is 0.0364. The number of rotatable bonds is 10. The van der Waals surface area contributed by atoms with Crippen LogP contribution in [0.2, 0.25) is 0 Å². The Balaban J connectivity index is 1.44. The van der Waals surface area contributed by atoms with E-state index in [0.29, 0.717) is 22.9 Å². The maximum atomic E-state index is 14.1. The number of aromatic nitrogens is 4. The summed E-state index contributed by atoms with van der Waals surface area (Å²) in [6.07, 6.45) is 9.13. The quantitative estimate of drug-likeness (QED) is 0.385. The third kappa shape index (κ3) is 6.69. The molecule has 2 aromatic carbocycles. The van der Waals surface area contributed by atoms with Gasteiger partial charge in [-0.1, -0.05) is 61.9 Å². The highest BCUT2D eigenvalue weighted by Crippen LogP contribution is 2.33. The van der Waals surface area contributed by atoms with Gasteiger partial charge in [0.05, 0.1) is 14.2 Å². The van der Waals surface area contributed by atoms with Gasteiger partial charge in [0.25, 0.3) is 0 Å². The number of hydrogen-bond donors (Lipinski definition) is 1. The summed E-state index contributed by atoms with van der Waals surface area (Å²) in [6.45, 7) is 1.91. The number of amides is 2. The SMILES string of the molecule is COc1ccc(-c2nnn(CC(=O)N(C3CCCCC3)[C@H](C(=O)NC3CCCC3)c3ccc(C)cc3)n2)cc1OC. The Kier molecular flexibility index (Phi) is 9.16. The molecule has 2 saturated carbocycles. The highest BCUT2D eigenvalue weighted by Gasteiger charge is 2.38. The standard InChI is InChI=1S/C31H40N6O4/c1-21-13-15-22(16-14-21)29(31(39)32-24-9-7-8-10-24)37(25-11-5-4-6-12-25)28(38)20-36-34-30(33-35-36)23-17-18-26(40-2)27(19-23)41-3/h13-19,24-25,29H,4-12,20H2,1-3H3,(H,32,39)/t29-/m0/s1. The van der Waals surface area contributed by atoms with Crippen LogP contribution in [0, 0.1) is 6.92 Å². The van der Waals surface area contributed by atoms with Crippen molar-refractivity contribution in [3.05, 3.63) is 53.6 Å². The minimum atomic E-state index is -0.722. The molecular weight excluding hydrogens is 520 g/mol. The zero-order valence-electron chi connectivity index (χ0n) is 24.2. The molecule has 1 aromatic heterocycles. The molecule has 0 radical (unpaired) electrons. The van der Waals surface area contributed by atoms with Crippen molar-refractivity contribution in [2.75, 3.05) is 14.2 Å². The van der Waals surface area contributed by atoms with Gasteiger partial charge in [0.1, 0.15) is 12.6 Å². The summed E-state index contributed by atoms with van der Waals surface area (Å²) in [7, 11) is 3.14. The Morgan fingerprint density at radius 1 is 0.951 bits per heavy atom. The lowest BCUT2D eigenvalue weighted by Gasteiger charge is -2.40. The number of hydrogen-bond acceptors (Lipinski definition) is 7. The number of aryl methyl sites for hydroxylation is 1. The van der Waals surface area contributed by atoms with Crippen LogP contribution in [0.3, 0.4) is 0 Å². The molecule has 2 aliphatic carbocycles. The fraction of sp³-hybridized carbons (Fsp3) is 0.516. The molecule has 41 heavy (non-hydrogen) atoms. The summed E-state index contributed by atoms with van der Waals surface area (Å²) in [4.78, 5) is 31.2. The predicted octanol–water partition coefficient (Wildman–Crippen LogP) is 4.63. The Morgan fingerprint density at radius 3 is 2.32 bits per heavy atom. The lowest BCUT2D eigenvalue weighted by molar-refractivity contribution is -0.145. The molecule has 1 atom stereocenters. The maximum Gasteiger partial charge on any atom is 0.247 e. The first kappa shape index (κ1) is 28.6. The Hall–Kier alpha value is -3.95. The van der Waals surface area contributed by atoms with Crippen molar-refractivity contribution in [2.24, 2.45) is 0 Å². The molecule has 5 rings (SSSR count). The molecule has 0 saturated heterocycles. The third-order valence-electron chi connectivity index (χ3n) is 8.25. The van der Waals surface area contributed by atoms with Gasteiger partial charge in [0, 0.05) is 17.6 Å². The molecule has 0 bridgehead atoms. The van der Waals surface area contributed by atoms with E-state index in [4.69, 9.17) is 9.47 Å². The number of benzene rings is 2. The third-order valence-corrected chi connectivity index (χ3v) is 8.25. The monoisotopic (exact) mass is 560 g/mol. The molecule has 2 amide bonds. The van der Waals surface area contributed by atoms with Gasteiger partial charge >= 0.3 is 0 Å². The van der Waals surface area contributed by atoms with Crippen LogP contribution in [0.4, 0.5) is 0 Å². The number of nitrogens with zero attached hydrogens (tertiary/aromatic N) is 5. The second-order valence-electron chi connectivity index (χ2n) is 11.1. The Bertz CT molecular complexity index is 1330. The van der Waals surface area contributed by atoms with E-state index < -0.39 is 6.04 Å². The fourth-order valence-corrected chi connectivity index (χ4v) is 6.06. The van der Waals surface area contributed by atoms with E-state index in [1.165, 1.54) is 4.80 Å². The van der Waals surface area contributed by atoms with Crippen molar-refractivity contribution >= 4 is 11.8 Å². The molecule has 1 N–H and O–H groups in total. The Morgan fingerprint density at radius 2 is 1.63 bits per heavy atom. The van der Waals surface area contributed by atoms with E-state index in [0.717, 1.165) is 68.9 Å². The molecule has 3 aromatic rings. The molecule has 2 fully saturated rings. The molecular formula is C31H40N6O4. The van der Waals surface area contributed by atoms with E-state index in [2.05, 4.69) is 20.7 Å². The van der Waals surface area contributed by atoms with Gasteiger partial charge in [0.2, 0.25) is 17.6 Å². The molecule has 0 spiro atoms. The van der Waals surface area contributed by atoms with Gasteiger partial charge in [-0.15, -0.1) is 10.2 Å². The highest BCUT2D eigenvalue weighted by atomic mass is 16.5. The number of tetrazole rings is 1. The zero-order chi connectivity index (χ0) is 28.8. The minimum Gasteiger partial charge on any atom is -0.493 e. The van der Waals surface area contributed by atoms with E-state index in [9.17, 15) is 9.59 Å². The number of carbonyl (C=O) groups is 2. The lowest BCUT2D eigenvalue weighted by Crippen LogP contribution is -2.51. The second-order valence-corrected chi connectivity index (χ2v) is 11.1. The summed E-state index contributed by atoms with van der Waals surface area (Å²) in [5.74, 6) is 1.21. The molecule has 10 heteroatoms. The average Bonchev–Trinajstić information content (AvgIpc) is 3.69. The molecule has 0 aliphatic heterocycles. The first-order valence-electron chi connectivity index (χ1n) is 14.6. The van der Waals surface area contributed by atoms with E-state index in [1.807, 2.05) is 42.2 Å². The topological polar surface area (TPSA) is 111 Å². The molecule has 0 unspecified atom stereocenters. The van der Waals surface area contributed by atoms with Crippen molar-refractivity contribution in [1.82, 2.24) is 30.4 Å². The van der Waals surface area contributed by atoms with Crippen LogP contribution in [0.1, 0.15) is 75.0 Å². The molecule has 10 nitrogen and oxygen atoms in total. The van der Waals surface area contributed by atoms with Crippen LogP contribution in [0.15, 0.2) is 42.5 Å². The van der Waals surface area contributed by atoms with Crippen LogP contribution in [-0.4, -0.2) is 63.2 Å². The van der Waals surface area contributed by atoms with Gasteiger partial charge in [-0.25, -0.2) is 0 Å². The van der Waals surface area contributed by atoms with Gasteiger partial charge in [-0.05, 0) is 61.6 Å². The van der Waals surface area contributed by atoms with Crippen LogP contribution in [0.5, 0.6) is 11.5 Å². The van der Waals surface area contributed by atoms with Crippen molar-refractivity contribution in [3.8, 4) is 22.9 Å². The van der Waals surface area contributed by atoms with E-state index >= 15 is 0 Å². The van der Waals surface area contributed by atoms with Gasteiger partial charge in [-0.3, -0.25) is 9.59 Å². The Labute approximate surface area is 241 Å². The van der Waals surface area contributed by atoms with Gasteiger partial charge in [-0.2, -0.15) is 4.80 Å². The summed E-state index contributed by atoms with van der Waals surface area (Å²) >= 11 is 0. The first-order chi connectivity index (χ1) is 20.0. The number of carbonyl (C=O) groups excluding carboxylic acids is 2. The lowest BCUT2D eigenvalue weighted by atomic mass is 9.91. The highest BCUT2D eigenvalue weighted by molar-refractivity contribution is 5.89. The summed E-state index contributed by atoms with van der Waals surface area (Å²) in [6, 6.07) is 12.7. The molecule has 2 aliphatic rings. The van der Waals surface area contributed by atoms with Crippen LogP contribution >= 0.6 is 0 Å².